The topological polar surface area (TPSA) is 83.1 Å². The summed E-state index contributed by atoms with van der Waals surface area (Å²) < 4.78 is 23.1. The number of hydrogen-bond acceptors (Lipinski definition) is 6. The second-order valence-electron chi connectivity index (χ2n) is 9.27. The monoisotopic (exact) mass is 497 g/mol. The molecule has 2 aromatic carbocycles. The average molecular weight is 498 g/mol. The molecule has 2 aromatic rings. The van der Waals surface area contributed by atoms with Gasteiger partial charge in [-0.3, -0.25) is 9.59 Å². The summed E-state index contributed by atoms with van der Waals surface area (Å²) in [7, 11) is 4.75. The summed E-state index contributed by atoms with van der Waals surface area (Å²) in [5, 5.41) is 3.03. The molecule has 0 radical (unpaired) electrons. The van der Waals surface area contributed by atoms with E-state index in [9.17, 15) is 9.59 Å². The van der Waals surface area contributed by atoms with Gasteiger partial charge < -0.3 is 24.3 Å². The highest BCUT2D eigenvalue weighted by Gasteiger charge is 2.29. The smallest absolute Gasteiger partial charge is 0.220 e. The lowest BCUT2D eigenvalue weighted by atomic mass is 9.95. The number of ether oxygens (including phenoxy) is 4. The summed E-state index contributed by atoms with van der Waals surface area (Å²) in [5.74, 6) is 2.13. The Labute approximate surface area is 214 Å². The van der Waals surface area contributed by atoms with Crippen LogP contribution in [0.1, 0.15) is 70.0 Å². The van der Waals surface area contributed by atoms with Gasteiger partial charge in [0.2, 0.25) is 17.1 Å². The fraction of sp³-hybridized carbons (Fsp3) is 0.517. The van der Waals surface area contributed by atoms with Crippen molar-refractivity contribution < 1.29 is 23.7 Å². The summed E-state index contributed by atoms with van der Waals surface area (Å²) in [5.41, 5.74) is 3.13. The van der Waals surface area contributed by atoms with Gasteiger partial charge in [-0.15, -0.1) is 0 Å². The van der Waals surface area contributed by atoms with E-state index in [-0.39, 0.29) is 17.4 Å². The number of benzene rings is 1. The van der Waals surface area contributed by atoms with Crippen LogP contribution in [0, 0.1) is 5.92 Å². The number of carbonyl (C=O) groups is 1. The van der Waals surface area contributed by atoms with E-state index in [4.69, 9.17) is 18.9 Å². The minimum Gasteiger partial charge on any atom is -0.493 e. The van der Waals surface area contributed by atoms with E-state index in [2.05, 4.69) is 19.2 Å². The molecule has 1 aliphatic carbocycles. The Kier molecular flexibility index (Phi) is 9.62. The number of unbranched alkanes of at least 4 members (excludes halogenated alkanes) is 1. The average Bonchev–Trinajstić information content (AvgIpc) is 3.11. The zero-order valence-corrected chi connectivity index (χ0v) is 22.4. The predicted octanol–water partition coefficient (Wildman–Crippen LogP) is 5.46. The molecule has 7 nitrogen and oxygen atoms in total. The van der Waals surface area contributed by atoms with Gasteiger partial charge in [-0.25, -0.2) is 0 Å². The van der Waals surface area contributed by atoms with Crippen molar-refractivity contribution in [3.63, 3.8) is 0 Å². The van der Waals surface area contributed by atoms with E-state index >= 15 is 0 Å². The molecule has 3 rings (SSSR count). The van der Waals surface area contributed by atoms with Crippen LogP contribution in [0.5, 0.6) is 23.0 Å². The number of methoxy groups -OCH3 is 3. The molecule has 0 saturated heterocycles. The Morgan fingerprint density at radius 3 is 2.42 bits per heavy atom. The number of rotatable bonds is 11. The van der Waals surface area contributed by atoms with Crippen LogP contribution in [-0.2, 0) is 11.2 Å². The molecule has 0 aliphatic heterocycles. The highest BCUT2D eigenvalue weighted by Crippen LogP contribution is 2.50. The van der Waals surface area contributed by atoms with Crippen LogP contribution in [0.15, 0.2) is 29.1 Å². The van der Waals surface area contributed by atoms with Gasteiger partial charge >= 0.3 is 0 Å². The van der Waals surface area contributed by atoms with Crippen LogP contribution in [0.2, 0.25) is 0 Å². The van der Waals surface area contributed by atoms with Gasteiger partial charge in [-0.05, 0) is 60.1 Å². The van der Waals surface area contributed by atoms with Crippen molar-refractivity contribution in [2.75, 3.05) is 27.9 Å². The molecule has 196 valence electrons. The van der Waals surface area contributed by atoms with Gasteiger partial charge in [0.05, 0.1) is 34.0 Å². The molecule has 2 atom stereocenters. The third kappa shape index (κ3) is 5.94. The highest BCUT2D eigenvalue weighted by atomic mass is 16.5. The van der Waals surface area contributed by atoms with E-state index in [1.54, 1.807) is 33.5 Å². The van der Waals surface area contributed by atoms with Gasteiger partial charge in [0, 0.05) is 12.5 Å². The third-order valence-corrected chi connectivity index (χ3v) is 6.90. The van der Waals surface area contributed by atoms with Crippen molar-refractivity contribution >= 4 is 5.91 Å². The zero-order chi connectivity index (χ0) is 26.2. The van der Waals surface area contributed by atoms with Crippen molar-refractivity contribution in [3.05, 3.63) is 45.6 Å². The largest absolute Gasteiger partial charge is 0.493 e. The quantitative estimate of drug-likeness (QED) is 0.444. The van der Waals surface area contributed by atoms with Crippen LogP contribution in [0.25, 0.3) is 11.1 Å². The molecule has 0 saturated carbocycles. The minimum atomic E-state index is -0.340. The van der Waals surface area contributed by atoms with E-state index in [0.717, 1.165) is 47.9 Å². The number of aryl methyl sites for hydroxylation is 1. The second kappa shape index (κ2) is 12.7. The summed E-state index contributed by atoms with van der Waals surface area (Å²) in [4.78, 5) is 25.4. The first-order valence-electron chi connectivity index (χ1n) is 12.8. The molecule has 1 N–H and O–H groups in total. The molecule has 36 heavy (non-hydrogen) atoms. The number of nitrogens with one attached hydrogen (secondary N) is 1. The van der Waals surface area contributed by atoms with Gasteiger partial charge in [0.1, 0.15) is 0 Å². The Morgan fingerprint density at radius 1 is 1.06 bits per heavy atom. The van der Waals surface area contributed by atoms with E-state index in [0.29, 0.717) is 48.4 Å². The molecule has 0 aromatic heterocycles. The summed E-state index contributed by atoms with van der Waals surface area (Å²) >= 11 is 0. The summed E-state index contributed by atoms with van der Waals surface area (Å²) in [6.45, 7) is 6.31. The maximum atomic E-state index is 13.3. The first-order chi connectivity index (χ1) is 17.4. The van der Waals surface area contributed by atoms with E-state index in [1.807, 2.05) is 12.1 Å². The molecule has 0 fully saturated rings. The lowest BCUT2D eigenvalue weighted by Crippen LogP contribution is -2.26. The summed E-state index contributed by atoms with van der Waals surface area (Å²) in [6, 6.07) is 6.84. The molecular formula is C29H39NO6. The Morgan fingerprint density at radius 2 is 1.81 bits per heavy atom. The van der Waals surface area contributed by atoms with Gasteiger partial charge in [-0.2, -0.15) is 0 Å². The van der Waals surface area contributed by atoms with Crippen LogP contribution >= 0.6 is 0 Å². The highest BCUT2D eigenvalue weighted by molar-refractivity contribution is 5.83. The van der Waals surface area contributed by atoms with E-state index in [1.165, 1.54) is 6.92 Å². The van der Waals surface area contributed by atoms with Crippen molar-refractivity contribution in [1.82, 2.24) is 5.32 Å². The zero-order valence-electron chi connectivity index (χ0n) is 22.4. The van der Waals surface area contributed by atoms with Crippen molar-refractivity contribution in [3.8, 4) is 34.1 Å². The van der Waals surface area contributed by atoms with Gasteiger partial charge in [-0.1, -0.05) is 39.2 Å². The fourth-order valence-corrected chi connectivity index (χ4v) is 4.92. The number of amides is 1. The molecule has 1 aliphatic rings. The SMILES string of the molecule is CCCCC(CC)COc1ccc2c(cc1=O)[C@@H](NC(C)=O)CCc1cc(OC)c(OC)c(OC)c1-2. The first kappa shape index (κ1) is 27.4. The normalized spacial score (nSPS) is 15.1. The van der Waals surface area contributed by atoms with E-state index < -0.39 is 0 Å². The lowest BCUT2D eigenvalue weighted by molar-refractivity contribution is -0.119. The Bertz CT molecular complexity index is 1130. The molecule has 0 bridgehead atoms. The van der Waals surface area contributed by atoms with Gasteiger partial charge in [0.25, 0.3) is 0 Å². The maximum Gasteiger partial charge on any atom is 0.220 e. The van der Waals surface area contributed by atoms with Crippen LogP contribution in [-0.4, -0.2) is 33.8 Å². The number of fused-ring (bicyclic) bond motifs is 3. The maximum absolute atomic E-state index is 13.3. The lowest BCUT2D eigenvalue weighted by Gasteiger charge is -2.19. The Hall–Kier alpha value is -3.22. The second-order valence-corrected chi connectivity index (χ2v) is 9.27. The molecule has 1 unspecified atom stereocenters. The molecule has 7 heteroatoms. The standard InChI is InChI=1S/C29H39NO6/c1-7-9-10-19(8-2)17-36-25-14-12-21-22(16-24(25)32)23(30-18(3)31)13-11-20-15-26(33-4)28(34-5)29(35-6)27(20)21/h12,14-16,19,23H,7-11,13,17H2,1-6H3,(H,30,31)/t19?,23-/m0/s1. The first-order valence-corrected chi connectivity index (χ1v) is 12.8. The minimum absolute atomic E-state index is 0.156. The number of carbonyl (C=O) groups excluding carboxylic acids is 1. The van der Waals surface area contributed by atoms with Crippen molar-refractivity contribution in [2.24, 2.45) is 5.92 Å². The molecule has 0 spiro atoms. The van der Waals surface area contributed by atoms with Crippen LogP contribution < -0.4 is 29.7 Å². The van der Waals surface area contributed by atoms with Crippen LogP contribution in [0.3, 0.4) is 0 Å². The summed E-state index contributed by atoms with van der Waals surface area (Å²) in [6.07, 6.45) is 5.63. The van der Waals surface area contributed by atoms with Gasteiger partial charge in [0.15, 0.2) is 17.2 Å². The molecule has 1 amide bonds. The predicted molar refractivity (Wildman–Crippen MR) is 141 cm³/mol. The number of hydrogen-bond donors (Lipinski definition) is 1. The third-order valence-electron chi connectivity index (χ3n) is 6.90. The molecule has 0 heterocycles. The fourth-order valence-electron chi connectivity index (χ4n) is 4.92. The molecular weight excluding hydrogens is 458 g/mol. The van der Waals surface area contributed by atoms with Crippen molar-refractivity contribution in [2.45, 2.75) is 65.3 Å². The van der Waals surface area contributed by atoms with Crippen molar-refractivity contribution in [1.29, 1.82) is 0 Å². The Balaban J connectivity index is 2.18. The van der Waals surface area contributed by atoms with Crippen LogP contribution in [0.4, 0.5) is 0 Å².